The third-order valence-corrected chi connectivity index (χ3v) is 2.96. The lowest BCUT2D eigenvalue weighted by Crippen LogP contribution is -2.01. The third kappa shape index (κ3) is 1.99. The van der Waals surface area contributed by atoms with Crippen LogP contribution < -0.4 is 15.8 Å². The Morgan fingerprint density at radius 1 is 1.30 bits per heavy atom. The molecule has 0 aliphatic rings. The number of methoxy groups -OCH3 is 1. The second kappa shape index (κ2) is 4.69. The molecule has 3 N–H and O–H groups in total. The van der Waals surface area contributed by atoms with Crippen molar-refractivity contribution in [3.8, 4) is 5.75 Å². The molecule has 2 aromatic heterocycles. The molecule has 2 heterocycles. The van der Waals surface area contributed by atoms with Gasteiger partial charge < -0.3 is 15.8 Å². The summed E-state index contributed by atoms with van der Waals surface area (Å²) in [4.78, 5) is 4.27. The topological polar surface area (TPSA) is 90.4 Å². The standard InChI is InChI=1S/C13H14N6O/c1-8-3-4-9(10(7-8)20-2)16-11-12-17-18-13(14)19(12)6-5-15-11/h3-7H,1-2H3,(H2,14,18)(H,15,16). The summed E-state index contributed by atoms with van der Waals surface area (Å²) in [7, 11) is 1.63. The normalized spacial score (nSPS) is 10.7. The van der Waals surface area contributed by atoms with Gasteiger partial charge >= 0.3 is 0 Å². The molecule has 20 heavy (non-hydrogen) atoms. The molecule has 3 rings (SSSR count). The quantitative estimate of drug-likeness (QED) is 0.753. The van der Waals surface area contributed by atoms with Crippen LogP contribution in [0.3, 0.4) is 0 Å². The van der Waals surface area contributed by atoms with Gasteiger partial charge in [0.05, 0.1) is 12.8 Å². The van der Waals surface area contributed by atoms with E-state index >= 15 is 0 Å². The Morgan fingerprint density at radius 3 is 2.95 bits per heavy atom. The molecule has 3 aromatic rings. The molecule has 0 spiro atoms. The summed E-state index contributed by atoms with van der Waals surface area (Å²) >= 11 is 0. The molecule has 0 fully saturated rings. The monoisotopic (exact) mass is 270 g/mol. The average Bonchev–Trinajstić information content (AvgIpc) is 2.84. The predicted octanol–water partition coefficient (Wildman–Crippen LogP) is 1.77. The Labute approximate surface area is 115 Å². The van der Waals surface area contributed by atoms with E-state index in [-0.39, 0.29) is 0 Å². The molecule has 0 saturated heterocycles. The first-order valence-corrected chi connectivity index (χ1v) is 6.06. The third-order valence-electron chi connectivity index (χ3n) is 2.96. The molecule has 7 heteroatoms. The minimum Gasteiger partial charge on any atom is -0.495 e. The maximum Gasteiger partial charge on any atom is 0.226 e. The summed E-state index contributed by atoms with van der Waals surface area (Å²) in [6, 6.07) is 5.86. The van der Waals surface area contributed by atoms with Crippen molar-refractivity contribution in [3.63, 3.8) is 0 Å². The number of ether oxygens (including phenoxy) is 1. The Hall–Kier alpha value is -2.83. The summed E-state index contributed by atoms with van der Waals surface area (Å²) in [5, 5.41) is 11.0. The molecule has 7 nitrogen and oxygen atoms in total. The van der Waals surface area contributed by atoms with E-state index in [4.69, 9.17) is 10.5 Å². The van der Waals surface area contributed by atoms with Crippen molar-refractivity contribution in [2.24, 2.45) is 0 Å². The zero-order valence-corrected chi connectivity index (χ0v) is 11.2. The van der Waals surface area contributed by atoms with E-state index in [9.17, 15) is 0 Å². The van der Waals surface area contributed by atoms with Crippen molar-refractivity contribution >= 4 is 23.1 Å². The fourth-order valence-electron chi connectivity index (χ4n) is 1.96. The highest BCUT2D eigenvalue weighted by atomic mass is 16.5. The van der Waals surface area contributed by atoms with Gasteiger partial charge in [0.15, 0.2) is 5.82 Å². The maximum atomic E-state index is 5.72. The van der Waals surface area contributed by atoms with Crippen molar-refractivity contribution in [1.82, 2.24) is 19.6 Å². The fourth-order valence-corrected chi connectivity index (χ4v) is 1.96. The maximum absolute atomic E-state index is 5.72. The van der Waals surface area contributed by atoms with Gasteiger partial charge in [-0.15, -0.1) is 10.2 Å². The molecule has 0 bridgehead atoms. The summed E-state index contributed by atoms with van der Waals surface area (Å²) in [6.45, 7) is 2.00. The Balaban J connectivity index is 2.05. The second-order valence-corrected chi connectivity index (χ2v) is 4.36. The second-order valence-electron chi connectivity index (χ2n) is 4.36. The highest BCUT2D eigenvalue weighted by Gasteiger charge is 2.10. The number of nitrogens with one attached hydrogen (secondary N) is 1. The van der Waals surface area contributed by atoms with E-state index in [1.165, 1.54) is 0 Å². The van der Waals surface area contributed by atoms with Gasteiger partial charge in [-0.2, -0.15) is 0 Å². The summed E-state index contributed by atoms with van der Waals surface area (Å²) in [5.74, 6) is 1.63. The number of benzene rings is 1. The van der Waals surface area contributed by atoms with Crippen LogP contribution in [0, 0.1) is 6.92 Å². The lowest BCUT2D eigenvalue weighted by atomic mass is 10.2. The number of hydrogen-bond acceptors (Lipinski definition) is 6. The molecule has 0 unspecified atom stereocenters. The summed E-state index contributed by atoms with van der Waals surface area (Å²) < 4.78 is 7.02. The minimum atomic E-state index is 0.321. The summed E-state index contributed by atoms with van der Waals surface area (Å²) in [5.41, 5.74) is 8.21. The van der Waals surface area contributed by atoms with Crippen LogP contribution in [0.15, 0.2) is 30.6 Å². The van der Waals surface area contributed by atoms with Crippen molar-refractivity contribution in [2.75, 3.05) is 18.2 Å². The van der Waals surface area contributed by atoms with Crippen LogP contribution in [0.5, 0.6) is 5.75 Å². The van der Waals surface area contributed by atoms with E-state index in [1.807, 2.05) is 25.1 Å². The van der Waals surface area contributed by atoms with Gasteiger partial charge in [-0.25, -0.2) is 4.98 Å². The van der Waals surface area contributed by atoms with Crippen molar-refractivity contribution in [2.45, 2.75) is 6.92 Å². The molecular formula is C13H14N6O. The van der Waals surface area contributed by atoms with Gasteiger partial charge in [0, 0.05) is 12.4 Å². The van der Waals surface area contributed by atoms with E-state index in [0.717, 1.165) is 17.0 Å². The fraction of sp³-hybridized carbons (Fsp3) is 0.154. The molecule has 1 aromatic carbocycles. The van der Waals surface area contributed by atoms with E-state index in [2.05, 4.69) is 20.5 Å². The van der Waals surface area contributed by atoms with Crippen LogP contribution in [0.2, 0.25) is 0 Å². The van der Waals surface area contributed by atoms with Gasteiger partial charge in [-0.05, 0) is 24.6 Å². The molecule has 0 amide bonds. The molecular weight excluding hydrogens is 256 g/mol. The first-order valence-electron chi connectivity index (χ1n) is 6.06. The molecule has 102 valence electrons. The van der Waals surface area contributed by atoms with Gasteiger partial charge in [-0.1, -0.05) is 6.07 Å². The summed E-state index contributed by atoms with van der Waals surface area (Å²) in [6.07, 6.45) is 3.35. The number of hydrogen-bond donors (Lipinski definition) is 2. The number of aryl methyl sites for hydroxylation is 1. The van der Waals surface area contributed by atoms with Crippen LogP contribution in [-0.4, -0.2) is 26.7 Å². The van der Waals surface area contributed by atoms with E-state index in [1.54, 1.807) is 23.9 Å². The highest BCUT2D eigenvalue weighted by molar-refractivity contribution is 5.73. The molecule has 0 radical (unpaired) electrons. The lowest BCUT2D eigenvalue weighted by Gasteiger charge is -2.11. The van der Waals surface area contributed by atoms with Crippen LogP contribution >= 0.6 is 0 Å². The van der Waals surface area contributed by atoms with Crippen molar-refractivity contribution < 1.29 is 4.74 Å². The van der Waals surface area contributed by atoms with Crippen LogP contribution in [0.1, 0.15) is 5.56 Å². The zero-order chi connectivity index (χ0) is 14.1. The smallest absolute Gasteiger partial charge is 0.226 e. The number of nitrogens with two attached hydrogens (primary N) is 1. The van der Waals surface area contributed by atoms with Gasteiger partial charge in [0.2, 0.25) is 11.6 Å². The number of nitrogens with zero attached hydrogens (tertiary/aromatic N) is 4. The first-order chi connectivity index (χ1) is 9.69. The molecule has 0 aliphatic heterocycles. The first kappa shape index (κ1) is 12.2. The van der Waals surface area contributed by atoms with Crippen molar-refractivity contribution in [1.29, 1.82) is 0 Å². The SMILES string of the molecule is COc1cc(C)ccc1Nc1nccn2c(N)nnc12. The Bertz CT molecular complexity index is 767. The zero-order valence-electron chi connectivity index (χ0n) is 11.2. The van der Waals surface area contributed by atoms with Crippen LogP contribution in [0.25, 0.3) is 5.65 Å². The average molecular weight is 270 g/mol. The molecule has 0 aliphatic carbocycles. The molecule has 0 atom stereocenters. The minimum absolute atomic E-state index is 0.321. The van der Waals surface area contributed by atoms with E-state index < -0.39 is 0 Å². The highest BCUT2D eigenvalue weighted by Crippen LogP contribution is 2.29. The number of rotatable bonds is 3. The van der Waals surface area contributed by atoms with Gasteiger partial charge in [0.25, 0.3) is 0 Å². The molecule has 0 saturated carbocycles. The Morgan fingerprint density at radius 2 is 2.15 bits per heavy atom. The number of nitrogen functional groups attached to an aromatic ring is 1. The van der Waals surface area contributed by atoms with E-state index in [0.29, 0.717) is 17.4 Å². The van der Waals surface area contributed by atoms with Crippen LogP contribution in [0.4, 0.5) is 17.5 Å². The number of anilines is 3. The Kier molecular flexibility index (Phi) is 2.86. The number of aromatic nitrogens is 4. The largest absolute Gasteiger partial charge is 0.495 e. The van der Waals surface area contributed by atoms with Crippen molar-refractivity contribution in [3.05, 3.63) is 36.2 Å². The number of fused-ring (bicyclic) bond motifs is 1. The van der Waals surface area contributed by atoms with Crippen LogP contribution in [-0.2, 0) is 0 Å². The lowest BCUT2D eigenvalue weighted by molar-refractivity contribution is 0.416. The van der Waals surface area contributed by atoms with Gasteiger partial charge in [-0.3, -0.25) is 4.40 Å². The van der Waals surface area contributed by atoms with Gasteiger partial charge in [0.1, 0.15) is 5.75 Å². The predicted molar refractivity (Wildman–Crippen MR) is 76.2 cm³/mol.